The van der Waals surface area contributed by atoms with E-state index in [1.807, 2.05) is 26.8 Å². The van der Waals surface area contributed by atoms with Crippen molar-refractivity contribution in [3.63, 3.8) is 0 Å². The molecule has 0 aromatic carbocycles. The average molecular weight is 302 g/mol. The summed E-state index contributed by atoms with van der Waals surface area (Å²) >= 11 is 0. The van der Waals surface area contributed by atoms with E-state index in [9.17, 15) is 14.7 Å². The molecule has 0 radical (unpaired) electrons. The Morgan fingerprint density at radius 2 is 2.18 bits per heavy atom. The number of nitrogens with zero attached hydrogens (tertiary/aromatic N) is 2. The Bertz CT molecular complexity index is 593. The molecule has 1 aromatic heterocycles. The van der Waals surface area contributed by atoms with Crippen LogP contribution in [0.3, 0.4) is 0 Å². The number of aromatic nitrogens is 1. The highest BCUT2D eigenvalue weighted by molar-refractivity contribution is 6.08. The molecule has 1 unspecified atom stereocenters. The molecule has 0 saturated carbocycles. The van der Waals surface area contributed by atoms with Crippen LogP contribution >= 0.6 is 0 Å². The molecule has 1 amide bonds. The number of hydrogen-bond acceptors (Lipinski definition) is 4. The number of rotatable bonds is 6. The molecule has 22 heavy (non-hydrogen) atoms. The number of aliphatic hydroxyl groups excluding tert-OH is 1. The van der Waals surface area contributed by atoms with E-state index in [1.54, 1.807) is 23.4 Å². The molecule has 5 nitrogen and oxygen atoms in total. The van der Waals surface area contributed by atoms with Gasteiger partial charge in [0.1, 0.15) is 0 Å². The van der Waals surface area contributed by atoms with E-state index in [4.69, 9.17) is 0 Å². The third kappa shape index (κ3) is 3.03. The first-order valence-electron chi connectivity index (χ1n) is 7.64. The summed E-state index contributed by atoms with van der Waals surface area (Å²) in [6.07, 6.45) is 4.34. The van der Waals surface area contributed by atoms with Crippen LogP contribution in [0.25, 0.3) is 0 Å². The molecule has 2 rings (SSSR count). The molecule has 2 heterocycles. The van der Waals surface area contributed by atoms with E-state index in [1.165, 1.54) is 0 Å². The van der Waals surface area contributed by atoms with Crippen molar-refractivity contribution in [2.24, 2.45) is 5.92 Å². The van der Waals surface area contributed by atoms with Gasteiger partial charge in [0.2, 0.25) is 0 Å². The van der Waals surface area contributed by atoms with Gasteiger partial charge in [0.15, 0.2) is 11.5 Å². The SMILES string of the molecule is CCCN1C(=O)C(O)=C(C(=O)CC(C)C)C1c1cccnc1. The average Bonchev–Trinajstić information content (AvgIpc) is 2.73. The number of hydrogen-bond donors (Lipinski definition) is 1. The second-order valence-corrected chi connectivity index (χ2v) is 5.97. The maximum Gasteiger partial charge on any atom is 0.290 e. The fourth-order valence-electron chi connectivity index (χ4n) is 2.77. The lowest BCUT2D eigenvalue weighted by atomic mass is 9.93. The van der Waals surface area contributed by atoms with Crippen LogP contribution in [0, 0.1) is 5.92 Å². The Balaban J connectivity index is 2.46. The zero-order valence-electron chi connectivity index (χ0n) is 13.2. The summed E-state index contributed by atoms with van der Waals surface area (Å²) in [6, 6.07) is 3.06. The number of aliphatic hydroxyl groups is 1. The van der Waals surface area contributed by atoms with E-state index in [0.29, 0.717) is 13.0 Å². The number of ketones is 1. The van der Waals surface area contributed by atoms with Crippen LogP contribution in [-0.4, -0.2) is 33.2 Å². The van der Waals surface area contributed by atoms with E-state index in [2.05, 4.69) is 4.98 Å². The highest BCUT2D eigenvalue weighted by Gasteiger charge is 2.42. The molecule has 0 saturated heterocycles. The zero-order chi connectivity index (χ0) is 16.3. The summed E-state index contributed by atoms with van der Waals surface area (Å²) in [5, 5.41) is 10.2. The number of pyridine rings is 1. The quantitative estimate of drug-likeness (QED) is 0.877. The molecule has 1 aliphatic rings. The van der Waals surface area contributed by atoms with Crippen molar-refractivity contribution >= 4 is 11.7 Å². The van der Waals surface area contributed by atoms with Gasteiger partial charge in [-0.3, -0.25) is 14.6 Å². The zero-order valence-corrected chi connectivity index (χ0v) is 13.2. The summed E-state index contributed by atoms with van der Waals surface area (Å²) in [7, 11) is 0. The third-order valence-corrected chi connectivity index (χ3v) is 3.66. The fourth-order valence-corrected chi connectivity index (χ4v) is 2.77. The first-order chi connectivity index (χ1) is 10.5. The highest BCUT2D eigenvalue weighted by atomic mass is 16.3. The van der Waals surface area contributed by atoms with Gasteiger partial charge < -0.3 is 10.0 Å². The minimum atomic E-state index is -0.535. The summed E-state index contributed by atoms with van der Waals surface area (Å²) in [5.74, 6) is -0.887. The van der Waals surface area contributed by atoms with Crippen LogP contribution in [0.15, 0.2) is 35.9 Å². The summed E-state index contributed by atoms with van der Waals surface area (Å²) in [5.41, 5.74) is 0.959. The van der Waals surface area contributed by atoms with Gasteiger partial charge in [0.05, 0.1) is 11.6 Å². The van der Waals surface area contributed by atoms with Crippen LogP contribution in [-0.2, 0) is 9.59 Å². The summed E-state index contributed by atoms with van der Waals surface area (Å²) < 4.78 is 0. The molecule has 1 aliphatic heterocycles. The number of carbonyl (C=O) groups excluding carboxylic acids is 2. The van der Waals surface area contributed by atoms with Crippen molar-refractivity contribution in [2.75, 3.05) is 6.54 Å². The normalized spacial score (nSPS) is 18.5. The molecule has 0 fully saturated rings. The minimum Gasteiger partial charge on any atom is -0.503 e. The Morgan fingerprint density at radius 3 is 2.73 bits per heavy atom. The molecule has 1 atom stereocenters. The maximum atomic E-state index is 12.5. The monoisotopic (exact) mass is 302 g/mol. The molecule has 1 N–H and O–H groups in total. The maximum absolute atomic E-state index is 12.5. The van der Waals surface area contributed by atoms with Crippen LogP contribution < -0.4 is 0 Å². The van der Waals surface area contributed by atoms with Gasteiger partial charge in [0.25, 0.3) is 5.91 Å². The number of Topliss-reactive ketones (excluding diaryl/α,β-unsaturated/α-hetero) is 1. The van der Waals surface area contributed by atoms with Crippen molar-refractivity contribution in [1.29, 1.82) is 0 Å². The molecule has 0 spiro atoms. The molecule has 0 bridgehead atoms. The van der Waals surface area contributed by atoms with Gasteiger partial charge in [-0.25, -0.2) is 0 Å². The Morgan fingerprint density at radius 1 is 1.45 bits per heavy atom. The molecule has 5 heteroatoms. The molecule has 1 aromatic rings. The number of carbonyl (C=O) groups is 2. The summed E-state index contributed by atoms with van der Waals surface area (Å²) in [6.45, 7) is 6.32. The molecular formula is C17H22N2O3. The van der Waals surface area contributed by atoms with Crippen molar-refractivity contribution in [3.05, 3.63) is 41.4 Å². The van der Waals surface area contributed by atoms with Gasteiger partial charge in [-0.05, 0) is 24.0 Å². The topological polar surface area (TPSA) is 70.5 Å². The lowest BCUT2D eigenvalue weighted by Gasteiger charge is -2.26. The van der Waals surface area contributed by atoms with Gasteiger partial charge in [0, 0.05) is 25.4 Å². The van der Waals surface area contributed by atoms with Crippen molar-refractivity contribution < 1.29 is 14.7 Å². The molecule has 118 valence electrons. The standard InChI is InChI=1S/C17H22N2O3/c1-4-8-19-15(12-6-5-7-18-10-12)14(16(21)17(19)22)13(20)9-11(2)3/h5-7,10-11,15,21H,4,8-9H2,1-3H3. The molecule has 0 aliphatic carbocycles. The van der Waals surface area contributed by atoms with Crippen molar-refractivity contribution in [2.45, 2.75) is 39.7 Å². The Hall–Kier alpha value is -2.17. The lowest BCUT2D eigenvalue weighted by Crippen LogP contribution is -2.32. The molecular weight excluding hydrogens is 280 g/mol. The van der Waals surface area contributed by atoms with Gasteiger partial charge in [-0.1, -0.05) is 26.8 Å². The third-order valence-electron chi connectivity index (χ3n) is 3.66. The lowest BCUT2D eigenvalue weighted by molar-refractivity contribution is -0.129. The second-order valence-electron chi connectivity index (χ2n) is 5.97. The van der Waals surface area contributed by atoms with E-state index in [0.717, 1.165) is 12.0 Å². The first kappa shape index (κ1) is 16.2. The van der Waals surface area contributed by atoms with Crippen LogP contribution in [0.4, 0.5) is 0 Å². The van der Waals surface area contributed by atoms with Crippen LogP contribution in [0.1, 0.15) is 45.2 Å². The highest BCUT2D eigenvalue weighted by Crippen LogP contribution is 2.38. The fraction of sp³-hybridized carbons (Fsp3) is 0.471. The Labute approximate surface area is 130 Å². The van der Waals surface area contributed by atoms with E-state index < -0.39 is 17.7 Å². The minimum absolute atomic E-state index is 0.165. The smallest absolute Gasteiger partial charge is 0.290 e. The second kappa shape index (κ2) is 6.73. The Kier molecular flexibility index (Phi) is 4.96. The van der Waals surface area contributed by atoms with Gasteiger partial charge in [-0.15, -0.1) is 0 Å². The predicted octanol–water partition coefficient (Wildman–Crippen LogP) is 2.80. The predicted molar refractivity (Wildman–Crippen MR) is 83.1 cm³/mol. The van der Waals surface area contributed by atoms with E-state index in [-0.39, 0.29) is 17.3 Å². The van der Waals surface area contributed by atoms with Gasteiger partial charge in [-0.2, -0.15) is 0 Å². The van der Waals surface area contributed by atoms with Crippen molar-refractivity contribution in [1.82, 2.24) is 9.88 Å². The van der Waals surface area contributed by atoms with Crippen LogP contribution in [0.5, 0.6) is 0 Å². The van der Waals surface area contributed by atoms with Gasteiger partial charge >= 0.3 is 0 Å². The summed E-state index contributed by atoms with van der Waals surface area (Å²) in [4.78, 5) is 30.5. The van der Waals surface area contributed by atoms with Crippen molar-refractivity contribution in [3.8, 4) is 0 Å². The van der Waals surface area contributed by atoms with E-state index >= 15 is 0 Å². The van der Waals surface area contributed by atoms with Crippen LogP contribution in [0.2, 0.25) is 0 Å². The largest absolute Gasteiger partial charge is 0.503 e. The number of amides is 1. The first-order valence-corrected chi connectivity index (χ1v) is 7.64.